The molecule has 0 saturated carbocycles. The van der Waals surface area contributed by atoms with Gasteiger partial charge in [-0.3, -0.25) is 13.9 Å². The molecule has 0 aliphatic carbocycles. The number of benzene rings is 1. The van der Waals surface area contributed by atoms with Crippen LogP contribution in [0.2, 0.25) is 0 Å². The van der Waals surface area contributed by atoms with Crippen molar-refractivity contribution < 1.29 is 32.2 Å². The van der Waals surface area contributed by atoms with Crippen molar-refractivity contribution in [2.45, 2.75) is 52.1 Å². The van der Waals surface area contributed by atoms with Crippen molar-refractivity contribution in [2.24, 2.45) is 11.7 Å². The number of carbonyl (C=O) groups excluding carboxylic acids is 2. The minimum absolute atomic E-state index is 0.0516. The number of ether oxygens (including phenoxy) is 2. The Balaban J connectivity index is 1.17. The Bertz CT molecular complexity index is 1950. The van der Waals surface area contributed by atoms with Crippen LogP contribution in [-0.2, 0) is 17.5 Å². The number of rotatable bonds is 8. The molecule has 2 N–H and O–H groups in total. The van der Waals surface area contributed by atoms with Crippen LogP contribution in [0.5, 0.6) is 5.75 Å². The Morgan fingerprint density at radius 1 is 1.09 bits per heavy atom. The molecule has 1 aliphatic heterocycles. The van der Waals surface area contributed by atoms with Gasteiger partial charge in [-0.2, -0.15) is 18.3 Å². The lowest BCUT2D eigenvalue weighted by Gasteiger charge is -2.39. The van der Waals surface area contributed by atoms with Gasteiger partial charge in [-0.15, -0.1) is 11.3 Å². The molecule has 4 aromatic heterocycles. The third kappa shape index (κ3) is 6.82. The minimum atomic E-state index is -4.56. The summed E-state index contributed by atoms with van der Waals surface area (Å²) in [5.41, 5.74) is 7.35. The molecule has 2 amide bonds. The second-order valence-corrected chi connectivity index (χ2v) is 13.6. The van der Waals surface area contributed by atoms with Crippen molar-refractivity contribution in [1.29, 1.82) is 0 Å². The molecular formula is C33H33F3N6O4S. The zero-order valence-corrected chi connectivity index (χ0v) is 26.9. The van der Waals surface area contributed by atoms with Crippen LogP contribution in [0.1, 0.15) is 54.6 Å². The SMILES string of the molecule is CC(Oc1cc(-c2cnc3cc(-c4cnn(CC5CN(C(=O)OC(C)(C)C)C5)c4)ccn23)sc1C(N)=O)c1ccccc1C(F)(F)F. The largest absolute Gasteiger partial charge is 0.484 e. The van der Waals surface area contributed by atoms with Crippen LogP contribution >= 0.6 is 11.3 Å². The fourth-order valence-corrected chi connectivity index (χ4v) is 6.45. The molecule has 0 radical (unpaired) electrons. The van der Waals surface area contributed by atoms with Gasteiger partial charge >= 0.3 is 12.3 Å². The fraction of sp³-hybridized carbons (Fsp3) is 0.333. The molecule has 246 valence electrons. The molecule has 0 bridgehead atoms. The highest BCUT2D eigenvalue weighted by Crippen LogP contribution is 2.41. The molecule has 6 rings (SSSR count). The van der Waals surface area contributed by atoms with E-state index in [9.17, 15) is 22.8 Å². The van der Waals surface area contributed by atoms with Crippen LogP contribution in [-0.4, -0.2) is 54.8 Å². The first-order chi connectivity index (χ1) is 22.2. The number of primary amides is 1. The van der Waals surface area contributed by atoms with E-state index in [1.807, 2.05) is 54.4 Å². The highest BCUT2D eigenvalue weighted by atomic mass is 32.1. The summed E-state index contributed by atoms with van der Waals surface area (Å²) in [7, 11) is 0. The normalized spacial score (nSPS) is 14.7. The smallest absolute Gasteiger partial charge is 0.416 e. The maximum Gasteiger partial charge on any atom is 0.416 e. The summed E-state index contributed by atoms with van der Waals surface area (Å²) in [6.07, 6.45) is 1.36. The fourth-order valence-electron chi connectivity index (χ4n) is 5.50. The summed E-state index contributed by atoms with van der Waals surface area (Å²) in [5.74, 6) is -0.373. The predicted molar refractivity (Wildman–Crippen MR) is 170 cm³/mol. The summed E-state index contributed by atoms with van der Waals surface area (Å²) in [6, 6.07) is 10.6. The van der Waals surface area contributed by atoms with Gasteiger partial charge in [0.05, 0.1) is 28.5 Å². The molecule has 5 heterocycles. The summed E-state index contributed by atoms with van der Waals surface area (Å²) >= 11 is 1.08. The average molecular weight is 667 g/mol. The number of hydrogen-bond donors (Lipinski definition) is 1. The topological polar surface area (TPSA) is 117 Å². The molecule has 1 fully saturated rings. The van der Waals surface area contributed by atoms with Crippen LogP contribution in [0.25, 0.3) is 27.3 Å². The molecule has 1 atom stereocenters. The van der Waals surface area contributed by atoms with Crippen molar-refractivity contribution in [3.63, 3.8) is 0 Å². The van der Waals surface area contributed by atoms with Gasteiger partial charge in [0.15, 0.2) is 0 Å². The zero-order chi connectivity index (χ0) is 33.7. The van der Waals surface area contributed by atoms with E-state index in [0.717, 1.165) is 28.5 Å². The van der Waals surface area contributed by atoms with Gasteiger partial charge in [-0.1, -0.05) is 18.2 Å². The van der Waals surface area contributed by atoms with Crippen molar-refractivity contribution in [2.75, 3.05) is 13.1 Å². The number of aromatic nitrogens is 4. The van der Waals surface area contributed by atoms with Crippen LogP contribution in [0, 0.1) is 5.92 Å². The third-order valence-corrected chi connectivity index (χ3v) is 8.87. The van der Waals surface area contributed by atoms with Gasteiger partial charge in [0.25, 0.3) is 5.91 Å². The lowest BCUT2D eigenvalue weighted by atomic mass is 10.0. The van der Waals surface area contributed by atoms with Gasteiger partial charge in [0, 0.05) is 55.1 Å². The predicted octanol–water partition coefficient (Wildman–Crippen LogP) is 7.05. The van der Waals surface area contributed by atoms with E-state index in [-0.39, 0.29) is 28.2 Å². The maximum absolute atomic E-state index is 13.6. The Hall–Kier alpha value is -4.85. The summed E-state index contributed by atoms with van der Waals surface area (Å²) in [4.78, 5) is 31.5. The van der Waals surface area contributed by atoms with Crippen molar-refractivity contribution >= 4 is 29.0 Å². The second kappa shape index (κ2) is 12.1. The van der Waals surface area contributed by atoms with E-state index in [4.69, 9.17) is 15.2 Å². The number of hydrogen-bond acceptors (Lipinski definition) is 7. The highest BCUT2D eigenvalue weighted by Gasteiger charge is 2.35. The number of halogens is 3. The number of pyridine rings is 1. The number of nitrogens with two attached hydrogens (primary N) is 1. The van der Waals surface area contributed by atoms with E-state index in [1.54, 1.807) is 23.4 Å². The molecule has 5 aromatic rings. The van der Waals surface area contributed by atoms with Crippen LogP contribution in [0.4, 0.5) is 18.0 Å². The first-order valence-electron chi connectivity index (χ1n) is 14.9. The van der Waals surface area contributed by atoms with E-state index in [0.29, 0.717) is 35.9 Å². The Morgan fingerprint density at radius 3 is 2.53 bits per heavy atom. The first kappa shape index (κ1) is 32.1. The van der Waals surface area contributed by atoms with Crippen molar-refractivity contribution in [3.8, 4) is 27.4 Å². The van der Waals surface area contributed by atoms with Crippen molar-refractivity contribution in [1.82, 2.24) is 24.1 Å². The molecule has 0 spiro atoms. The number of fused-ring (bicyclic) bond motifs is 1. The van der Waals surface area contributed by atoms with Gasteiger partial charge in [0.2, 0.25) is 0 Å². The molecule has 47 heavy (non-hydrogen) atoms. The van der Waals surface area contributed by atoms with Gasteiger partial charge < -0.3 is 20.1 Å². The van der Waals surface area contributed by atoms with Gasteiger partial charge in [-0.25, -0.2) is 9.78 Å². The number of nitrogens with zero attached hydrogens (tertiary/aromatic N) is 5. The average Bonchev–Trinajstić information content (AvgIpc) is 3.71. The maximum atomic E-state index is 13.6. The highest BCUT2D eigenvalue weighted by molar-refractivity contribution is 7.17. The Kier molecular flexibility index (Phi) is 8.24. The lowest BCUT2D eigenvalue weighted by Crippen LogP contribution is -2.52. The van der Waals surface area contributed by atoms with E-state index < -0.39 is 29.4 Å². The summed E-state index contributed by atoms with van der Waals surface area (Å²) in [6.45, 7) is 8.92. The zero-order valence-electron chi connectivity index (χ0n) is 26.1. The molecule has 1 aliphatic rings. The molecule has 1 aromatic carbocycles. The van der Waals surface area contributed by atoms with Gasteiger partial charge in [-0.05, 0) is 51.5 Å². The summed E-state index contributed by atoms with van der Waals surface area (Å²) < 4.78 is 55.9. The molecule has 1 saturated heterocycles. The second-order valence-electron chi connectivity index (χ2n) is 12.5. The Labute approximate surface area is 272 Å². The molecule has 1 unspecified atom stereocenters. The van der Waals surface area contributed by atoms with E-state index in [1.165, 1.54) is 25.1 Å². The van der Waals surface area contributed by atoms with E-state index in [2.05, 4.69) is 10.1 Å². The van der Waals surface area contributed by atoms with E-state index >= 15 is 0 Å². The molecule has 14 heteroatoms. The number of carbonyl (C=O) groups is 2. The minimum Gasteiger partial charge on any atom is -0.484 e. The number of likely N-dealkylation sites (tertiary alicyclic amines) is 1. The van der Waals surface area contributed by atoms with Crippen LogP contribution < -0.4 is 10.5 Å². The number of thiophene rings is 1. The molecule has 10 nitrogen and oxygen atoms in total. The Morgan fingerprint density at radius 2 is 1.83 bits per heavy atom. The standard InChI is InChI=1S/C33H33F3N6O4S/c1-19(23-7-5-6-8-24(23)33(34,35)36)45-26-12-27(47-29(26)30(37)43)25-14-38-28-11-21(9-10-42(25)28)22-13-39-41(18-22)17-20-15-40(16-20)31(44)46-32(2,3)4/h5-14,18-20H,15-17H2,1-4H3,(H2,37,43). The third-order valence-electron chi connectivity index (χ3n) is 7.72. The number of imidazole rings is 1. The summed E-state index contributed by atoms with van der Waals surface area (Å²) in [5, 5.41) is 4.51. The number of alkyl halides is 3. The van der Waals surface area contributed by atoms with Crippen LogP contribution in [0.3, 0.4) is 0 Å². The van der Waals surface area contributed by atoms with Crippen molar-refractivity contribution in [3.05, 3.63) is 83.3 Å². The molecular weight excluding hydrogens is 633 g/mol. The van der Waals surface area contributed by atoms with Gasteiger partial charge in [0.1, 0.15) is 28.0 Å². The lowest BCUT2D eigenvalue weighted by molar-refractivity contribution is -0.139. The monoisotopic (exact) mass is 666 g/mol. The number of amides is 2. The quantitative estimate of drug-likeness (QED) is 0.190. The van der Waals surface area contributed by atoms with Crippen LogP contribution in [0.15, 0.2) is 67.3 Å². The first-order valence-corrected chi connectivity index (χ1v) is 15.7.